The molecule has 1 atom stereocenters. The summed E-state index contributed by atoms with van der Waals surface area (Å²) in [7, 11) is 0. The quantitative estimate of drug-likeness (QED) is 0.776. The minimum atomic E-state index is -0.166. The maximum atomic E-state index is 13.0. The number of anilines is 1. The second-order valence-corrected chi connectivity index (χ2v) is 4.23. The Balaban J connectivity index is 2.10. The van der Waals surface area contributed by atoms with Crippen LogP contribution in [0.4, 0.5) is 10.1 Å². The molecule has 1 unspecified atom stereocenters. The largest absolute Gasteiger partial charge is 0.382 e. The predicted octanol–water partition coefficient (Wildman–Crippen LogP) is 3.34. The van der Waals surface area contributed by atoms with Crippen molar-refractivity contribution in [2.45, 2.75) is 32.7 Å². The van der Waals surface area contributed by atoms with Gasteiger partial charge in [-0.15, -0.1) is 0 Å². The summed E-state index contributed by atoms with van der Waals surface area (Å²) in [5, 5.41) is 3.37. The predicted molar refractivity (Wildman–Crippen MR) is 56.9 cm³/mol. The Morgan fingerprint density at radius 3 is 2.79 bits per heavy atom. The first-order chi connectivity index (χ1) is 6.66. The van der Waals surface area contributed by atoms with Crippen molar-refractivity contribution in [1.82, 2.24) is 0 Å². The molecule has 0 heterocycles. The standard InChI is InChI=1S/C12H16FN/c1-8-3-6-11(13)7-12(8)14-9(2)10-4-5-10/h3,6-7,9-10,14H,4-5H2,1-2H3. The molecule has 0 spiro atoms. The summed E-state index contributed by atoms with van der Waals surface area (Å²) in [5.41, 5.74) is 2.04. The number of hydrogen-bond donors (Lipinski definition) is 1. The lowest BCUT2D eigenvalue weighted by molar-refractivity contribution is 0.626. The molecule has 0 bridgehead atoms. The summed E-state index contributed by atoms with van der Waals surface area (Å²) < 4.78 is 13.0. The number of aryl methyl sites for hydroxylation is 1. The SMILES string of the molecule is Cc1ccc(F)cc1NC(C)C1CC1. The highest BCUT2D eigenvalue weighted by Crippen LogP contribution is 2.34. The van der Waals surface area contributed by atoms with E-state index in [1.807, 2.05) is 13.0 Å². The molecule has 1 aromatic carbocycles. The summed E-state index contributed by atoms with van der Waals surface area (Å²) in [6, 6.07) is 5.36. The van der Waals surface area contributed by atoms with Crippen molar-refractivity contribution in [1.29, 1.82) is 0 Å². The Bertz CT molecular complexity index is 331. The van der Waals surface area contributed by atoms with E-state index < -0.39 is 0 Å². The lowest BCUT2D eigenvalue weighted by atomic mass is 10.1. The van der Waals surface area contributed by atoms with Gasteiger partial charge in [-0.3, -0.25) is 0 Å². The van der Waals surface area contributed by atoms with Crippen molar-refractivity contribution in [2.24, 2.45) is 5.92 Å². The number of benzene rings is 1. The van der Waals surface area contributed by atoms with Gasteiger partial charge in [0.25, 0.3) is 0 Å². The van der Waals surface area contributed by atoms with Gasteiger partial charge in [-0.05, 0) is 50.3 Å². The van der Waals surface area contributed by atoms with E-state index in [0.717, 1.165) is 17.2 Å². The Kier molecular flexibility index (Phi) is 2.44. The second kappa shape index (κ2) is 3.60. The van der Waals surface area contributed by atoms with Crippen molar-refractivity contribution in [3.63, 3.8) is 0 Å². The first-order valence-electron chi connectivity index (χ1n) is 5.19. The lowest BCUT2D eigenvalue weighted by Crippen LogP contribution is -2.17. The van der Waals surface area contributed by atoms with Crippen molar-refractivity contribution in [2.75, 3.05) is 5.32 Å². The molecular formula is C12H16FN. The second-order valence-electron chi connectivity index (χ2n) is 4.23. The number of halogens is 1. The van der Waals surface area contributed by atoms with Crippen molar-refractivity contribution >= 4 is 5.69 Å². The normalized spacial score (nSPS) is 17.9. The van der Waals surface area contributed by atoms with E-state index in [0.29, 0.717) is 6.04 Å². The molecule has 1 saturated carbocycles. The summed E-state index contributed by atoms with van der Waals surface area (Å²) >= 11 is 0. The topological polar surface area (TPSA) is 12.0 Å². The number of rotatable bonds is 3. The van der Waals surface area contributed by atoms with E-state index >= 15 is 0 Å². The Morgan fingerprint density at radius 1 is 1.43 bits per heavy atom. The van der Waals surface area contributed by atoms with Gasteiger partial charge in [0.15, 0.2) is 0 Å². The number of hydrogen-bond acceptors (Lipinski definition) is 1. The van der Waals surface area contributed by atoms with E-state index in [9.17, 15) is 4.39 Å². The molecule has 0 aromatic heterocycles. The first-order valence-corrected chi connectivity index (χ1v) is 5.19. The molecule has 1 nitrogen and oxygen atoms in total. The molecule has 1 fully saturated rings. The third-order valence-electron chi connectivity index (χ3n) is 2.91. The smallest absolute Gasteiger partial charge is 0.125 e. The minimum absolute atomic E-state index is 0.166. The number of nitrogens with one attached hydrogen (secondary N) is 1. The monoisotopic (exact) mass is 193 g/mol. The lowest BCUT2D eigenvalue weighted by Gasteiger charge is -2.16. The molecule has 1 aromatic rings. The van der Waals surface area contributed by atoms with Gasteiger partial charge in [0.1, 0.15) is 5.82 Å². The molecule has 0 aliphatic heterocycles. The Hall–Kier alpha value is -1.05. The molecular weight excluding hydrogens is 177 g/mol. The maximum Gasteiger partial charge on any atom is 0.125 e. The fourth-order valence-electron chi connectivity index (χ4n) is 1.71. The van der Waals surface area contributed by atoms with Crippen LogP contribution in [-0.2, 0) is 0 Å². The van der Waals surface area contributed by atoms with Crippen LogP contribution >= 0.6 is 0 Å². The van der Waals surface area contributed by atoms with E-state index in [2.05, 4.69) is 12.2 Å². The third-order valence-corrected chi connectivity index (χ3v) is 2.91. The van der Waals surface area contributed by atoms with Crippen molar-refractivity contribution in [3.05, 3.63) is 29.6 Å². The van der Waals surface area contributed by atoms with Crippen LogP contribution in [0, 0.1) is 18.7 Å². The van der Waals surface area contributed by atoms with Crippen LogP contribution in [0.3, 0.4) is 0 Å². The van der Waals surface area contributed by atoms with E-state index in [1.54, 1.807) is 6.07 Å². The highest BCUT2D eigenvalue weighted by Gasteiger charge is 2.27. The van der Waals surface area contributed by atoms with Gasteiger partial charge >= 0.3 is 0 Å². The van der Waals surface area contributed by atoms with Crippen LogP contribution in [0.25, 0.3) is 0 Å². The van der Waals surface area contributed by atoms with Gasteiger partial charge in [-0.25, -0.2) is 4.39 Å². The molecule has 2 heteroatoms. The zero-order valence-corrected chi connectivity index (χ0v) is 8.68. The molecule has 1 N–H and O–H groups in total. The van der Waals surface area contributed by atoms with Crippen LogP contribution in [0.15, 0.2) is 18.2 Å². The summed E-state index contributed by atoms with van der Waals surface area (Å²) in [6.07, 6.45) is 2.62. The Morgan fingerprint density at radius 2 is 2.14 bits per heavy atom. The van der Waals surface area contributed by atoms with E-state index in [-0.39, 0.29) is 5.82 Å². The van der Waals surface area contributed by atoms with Crippen LogP contribution in [0.5, 0.6) is 0 Å². The fourth-order valence-corrected chi connectivity index (χ4v) is 1.71. The van der Waals surface area contributed by atoms with Gasteiger partial charge in [0.2, 0.25) is 0 Å². The molecule has 14 heavy (non-hydrogen) atoms. The average Bonchev–Trinajstić information content (AvgIpc) is 2.94. The molecule has 2 rings (SSSR count). The van der Waals surface area contributed by atoms with E-state index in [4.69, 9.17) is 0 Å². The molecule has 0 saturated heterocycles. The summed E-state index contributed by atoms with van der Waals surface area (Å²) in [4.78, 5) is 0. The van der Waals surface area contributed by atoms with Crippen LogP contribution < -0.4 is 5.32 Å². The summed E-state index contributed by atoms with van der Waals surface area (Å²) in [6.45, 7) is 4.17. The average molecular weight is 193 g/mol. The zero-order valence-electron chi connectivity index (χ0n) is 8.68. The van der Waals surface area contributed by atoms with Crippen LogP contribution in [-0.4, -0.2) is 6.04 Å². The van der Waals surface area contributed by atoms with Gasteiger partial charge in [0.05, 0.1) is 0 Å². The van der Waals surface area contributed by atoms with Crippen molar-refractivity contribution in [3.8, 4) is 0 Å². The van der Waals surface area contributed by atoms with Gasteiger partial charge in [0, 0.05) is 11.7 Å². The highest BCUT2D eigenvalue weighted by atomic mass is 19.1. The molecule has 1 aliphatic carbocycles. The Labute approximate surface area is 84.3 Å². The zero-order chi connectivity index (χ0) is 10.1. The fraction of sp³-hybridized carbons (Fsp3) is 0.500. The summed E-state index contributed by atoms with van der Waals surface area (Å²) in [5.74, 6) is 0.624. The molecule has 1 aliphatic rings. The maximum absolute atomic E-state index is 13.0. The molecule has 76 valence electrons. The third kappa shape index (κ3) is 2.06. The van der Waals surface area contributed by atoms with E-state index in [1.165, 1.54) is 18.9 Å². The minimum Gasteiger partial charge on any atom is -0.382 e. The van der Waals surface area contributed by atoms with Crippen molar-refractivity contribution < 1.29 is 4.39 Å². The highest BCUT2D eigenvalue weighted by molar-refractivity contribution is 5.51. The first kappa shape index (κ1) is 9.50. The van der Waals surface area contributed by atoms with Crippen LogP contribution in [0.1, 0.15) is 25.3 Å². The molecule has 0 radical (unpaired) electrons. The van der Waals surface area contributed by atoms with Crippen LogP contribution in [0.2, 0.25) is 0 Å². The van der Waals surface area contributed by atoms with Gasteiger partial charge < -0.3 is 5.32 Å². The molecule has 0 amide bonds. The van der Waals surface area contributed by atoms with Gasteiger partial charge in [-0.2, -0.15) is 0 Å². The van der Waals surface area contributed by atoms with Gasteiger partial charge in [-0.1, -0.05) is 6.07 Å².